The average Bonchev–Trinajstić information content (AvgIpc) is 2.42. The van der Waals surface area contributed by atoms with Crippen molar-refractivity contribution < 1.29 is 9.13 Å². The molecule has 3 rings (SSSR count). The molecule has 0 bridgehead atoms. The number of thioether (sulfide) groups is 1. The van der Waals surface area contributed by atoms with E-state index in [0.29, 0.717) is 17.8 Å². The van der Waals surface area contributed by atoms with Crippen molar-refractivity contribution >= 4 is 23.4 Å². The number of hydrogen-bond donors (Lipinski definition) is 0. The van der Waals surface area contributed by atoms with Gasteiger partial charge in [0.2, 0.25) is 0 Å². The molecular formula is C14H18ClFN2OS. The Morgan fingerprint density at radius 2 is 2.15 bits per heavy atom. The molecule has 3 nitrogen and oxygen atoms in total. The van der Waals surface area contributed by atoms with E-state index < -0.39 is 5.82 Å². The highest BCUT2D eigenvalue weighted by atomic mass is 35.5. The lowest BCUT2D eigenvalue weighted by Gasteiger charge is -2.47. The summed E-state index contributed by atoms with van der Waals surface area (Å²) < 4.78 is 18.7. The predicted octanol–water partition coefficient (Wildman–Crippen LogP) is 3.08. The number of hydrogen-bond acceptors (Lipinski definition) is 4. The lowest BCUT2D eigenvalue weighted by Crippen LogP contribution is -2.47. The van der Waals surface area contributed by atoms with Crippen molar-refractivity contribution in [3.63, 3.8) is 0 Å². The van der Waals surface area contributed by atoms with Crippen LogP contribution in [-0.2, 0) is 0 Å². The van der Waals surface area contributed by atoms with Crippen LogP contribution in [0.1, 0.15) is 12.8 Å². The second-order valence-electron chi connectivity index (χ2n) is 5.63. The fourth-order valence-electron chi connectivity index (χ4n) is 2.71. The van der Waals surface area contributed by atoms with Crippen LogP contribution in [0.5, 0.6) is 5.75 Å². The molecule has 3 heterocycles. The summed E-state index contributed by atoms with van der Waals surface area (Å²) in [6.07, 6.45) is 4.07. The van der Waals surface area contributed by atoms with Gasteiger partial charge in [-0.15, -0.1) is 0 Å². The van der Waals surface area contributed by atoms with Gasteiger partial charge in [-0.05, 0) is 42.9 Å². The van der Waals surface area contributed by atoms with Crippen LogP contribution >= 0.6 is 23.4 Å². The number of pyridine rings is 1. The third-order valence-electron chi connectivity index (χ3n) is 4.18. The molecule has 1 aromatic heterocycles. The zero-order valence-electron chi connectivity index (χ0n) is 11.3. The van der Waals surface area contributed by atoms with Gasteiger partial charge in [-0.25, -0.2) is 9.37 Å². The summed E-state index contributed by atoms with van der Waals surface area (Å²) in [6.45, 7) is 3.74. The normalized spacial score (nSPS) is 21.7. The maximum Gasteiger partial charge on any atom is 0.164 e. The van der Waals surface area contributed by atoms with Crippen molar-refractivity contribution in [1.82, 2.24) is 9.88 Å². The minimum absolute atomic E-state index is 0.114. The molecule has 1 aromatic rings. The molecule has 0 unspecified atom stereocenters. The van der Waals surface area contributed by atoms with Gasteiger partial charge in [-0.1, -0.05) is 11.6 Å². The van der Waals surface area contributed by atoms with E-state index in [4.69, 9.17) is 16.3 Å². The molecule has 0 saturated carbocycles. The Balaban J connectivity index is 1.40. The summed E-state index contributed by atoms with van der Waals surface area (Å²) in [4.78, 5) is 6.16. The lowest BCUT2D eigenvalue weighted by molar-refractivity contribution is 0.115. The molecule has 0 atom stereocenters. The Morgan fingerprint density at radius 3 is 2.75 bits per heavy atom. The number of halogens is 2. The maximum atomic E-state index is 13.2. The van der Waals surface area contributed by atoms with Gasteiger partial charge in [0, 0.05) is 12.6 Å². The van der Waals surface area contributed by atoms with E-state index in [1.54, 1.807) is 0 Å². The maximum absolute atomic E-state index is 13.2. The first-order chi connectivity index (χ1) is 9.67. The second kappa shape index (κ2) is 6.08. The Hall–Kier alpha value is -0.520. The average molecular weight is 317 g/mol. The Morgan fingerprint density at radius 1 is 1.40 bits per heavy atom. The van der Waals surface area contributed by atoms with Gasteiger partial charge in [0.25, 0.3) is 0 Å². The van der Waals surface area contributed by atoms with Crippen molar-refractivity contribution in [2.45, 2.75) is 12.8 Å². The highest BCUT2D eigenvalue weighted by Gasteiger charge is 2.40. The summed E-state index contributed by atoms with van der Waals surface area (Å²) in [6, 6.07) is 1.28. The molecule has 2 aliphatic rings. The molecule has 0 radical (unpaired) electrons. The summed E-state index contributed by atoms with van der Waals surface area (Å²) in [5.74, 6) is 2.59. The monoisotopic (exact) mass is 316 g/mol. The minimum atomic E-state index is -0.536. The summed E-state index contributed by atoms with van der Waals surface area (Å²) >= 11 is 7.60. The van der Waals surface area contributed by atoms with Crippen LogP contribution in [0.4, 0.5) is 4.39 Å². The van der Waals surface area contributed by atoms with Gasteiger partial charge in [0.15, 0.2) is 11.0 Å². The van der Waals surface area contributed by atoms with Crippen LogP contribution in [0.3, 0.4) is 0 Å². The van der Waals surface area contributed by atoms with Crippen molar-refractivity contribution in [3.8, 4) is 5.75 Å². The van der Waals surface area contributed by atoms with Crippen LogP contribution < -0.4 is 4.74 Å². The molecule has 0 aliphatic carbocycles. The number of ether oxygens (including phenoxy) is 1. The highest BCUT2D eigenvalue weighted by molar-refractivity contribution is 8.00. The molecule has 2 fully saturated rings. The summed E-state index contributed by atoms with van der Waals surface area (Å²) in [7, 11) is 0. The van der Waals surface area contributed by atoms with E-state index in [9.17, 15) is 4.39 Å². The fraction of sp³-hybridized carbons (Fsp3) is 0.643. The molecule has 0 N–H and O–H groups in total. The third kappa shape index (κ3) is 3.21. The highest BCUT2D eigenvalue weighted by Crippen LogP contribution is 2.45. The molecule has 6 heteroatoms. The Labute approximate surface area is 127 Å². The second-order valence-corrected chi connectivity index (χ2v) is 6.97. The topological polar surface area (TPSA) is 25.4 Å². The molecule has 0 aromatic carbocycles. The lowest BCUT2D eigenvalue weighted by atomic mass is 9.81. The van der Waals surface area contributed by atoms with Gasteiger partial charge < -0.3 is 4.74 Å². The Bertz CT molecular complexity index is 474. The SMILES string of the molecule is Fc1cc(OCCN2CCC3(CC2)CSC3)cnc1Cl. The zero-order valence-corrected chi connectivity index (χ0v) is 12.9. The number of nitrogens with zero attached hydrogens (tertiary/aromatic N) is 2. The molecule has 2 aliphatic heterocycles. The zero-order chi connectivity index (χ0) is 14.0. The summed E-state index contributed by atoms with van der Waals surface area (Å²) in [5.41, 5.74) is 0.644. The number of likely N-dealkylation sites (tertiary alicyclic amines) is 1. The predicted molar refractivity (Wildman–Crippen MR) is 80.1 cm³/mol. The number of piperidine rings is 1. The molecule has 20 heavy (non-hydrogen) atoms. The fourth-order valence-corrected chi connectivity index (χ4v) is 4.17. The van der Waals surface area contributed by atoms with E-state index in [-0.39, 0.29) is 5.15 Å². The smallest absolute Gasteiger partial charge is 0.164 e. The van der Waals surface area contributed by atoms with E-state index in [2.05, 4.69) is 21.6 Å². The van der Waals surface area contributed by atoms with Crippen LogP contribution in [0.25, 0.3) is 0 Å². The number of rotatable bonds is 4. The van der Waals surface area contributed by atoms with Gasteiger partial charge in [-0.2, -0.15) is 11.8 Å². The van der Waals surface area contributed by atoms with E-state index in [1.165, 1.54) is 36.6 Å². The first-order valence-electron chi connectivity index (χ1n) is 6.91. The van der Waals surface area contributed by atoms with Crippen LogP contribution in [-0.4, -0.2) is 47.6 Å². The summed E-state index contributed by atoms with van der Waals surface area (Å²) in [5, 5.41) is -0.114. The first kappa shape index (κ1) is 14.4. The molecular weight excluding hydrogens is 299 g/mol. The van der Waals surface area contributed by atoms with Gasteiger partial charge in [0.1, 0.15) is 12.4 Å². The quantitative estimate of drug-likeness (QED) is 0.797. The van der Waals surface area contributed by atoms with Crippen LogP contribution in [0, 0.1) is 11.2 Å². The van der Waals surface area contributed by atoms with E-state index in [1.807, 2.05) is 0 Å². The van der Waals surface area contributed by atoms with Crippen LogP contribution in [0.2, 0.25) is 5.15 Å². The van der Waals surface area contributed by atoms with Crippen molar-refractivity contribution in [2.75, 3.05) is 37.7 Å². The van der Waals surface area contributed by atoms with Crippen molar-refractivity contribution in [2.24, 2.45) is 5.41 Å². The molecule has 2 saturated heterocycles. The van der Waals surface area contributed by atoms with E-state index >= 15 is 0 Å². The van der Waals surface area contributed by atoms with Gasteiger partial charge in [0.05, 0.1) is 6.20 Å². The third-order valence-corrected chi connectivity index (χ3v) is 6.09. The van der Waals surface area contributed by atoms with Gasteiger partial charge in [-0.3, -0.25) is 4.90 Å². The first-order valence-corrected chi connectivity index (χ1v) is 8.44. The number of aromatic nitrogens is 1. The van der Waals surface area contributed by atoms with Gasteiger partial charge >= 0.3 is 0 Å². The van der Waals surface area contributed by atoms with Crippen molar-refractivity contribution in [1.29, 1.82) is 0 Å². The van der Waals surface area contributed by atoms with Crippen molar-refractivity contribution in [3.05, 3.63) is 23.2 Å². The molecule has 0 amide bonds. The standard InChI is InChI=1S/C14H18ClFN2OS/c15-13-12(16)7-11(8-17-13)19-6-5-18-3-1-14(2-4-18)9-20-10-14/h7-8H,1-6,9-10H2. The van der Waals surface area contributed by atoms with Crippen LogP contribution in [0.15, 0.2) is 12.3 Å². The largest absolute Gasteiger partial charge is 0.491 e. The Kier molecular flexibility index (Phi) is 4.38. The minimum Gasteiger partial charge on any atom is -0.491 e. The van der Waals surface area contributed by atoms with E-state index in [0.717, 1.165) is 19.6 Å². The molecule has 1 spiro atoms. The molecule has 110 valence electrons.